The number of amides is 1. The van der Waals surface area contributed by atoms with E-state index in [-0.39, 0.29) is 12.2 Å². The number of hydrogen-bond donors (Lipinski definition) is 1. The summed E-state index contributed by atoms with van der Waals surface area (Å²) in [5.74, 6) is -1.12. The molecule has 0 saturated heterocycles. The quantitative estimate of drug-likeness (QED) is 0.702. The molecule has 4 rings (SSSR count). The summed E-state index contributed by atoms with van der Waals surface area (Å²) in [5, 5.41) is 2.60. The number of carbonyl (C=O) groups excluding carboxylic acids is 3. The second-order valence-corrected chi connectivity index (χ2v) is 6.15. The van der Waals surface area contributed by atoms with Crippen molar-refractivity contribution in [3.63, 3.8) is 0 Å². The predicted molar refractivity (Wildman–Crippen MR) is 101 cm³/mol. The Labute approximate surface area is 155 Å². The van der Waals surface area contributed by atoms with Gasteiger partial charge in [-0.1, -0.05) is 60.7 Å². The molecule has 0 radical (unpaired) electrons. The molecule has 1 amide bonds. The Kier molecular flexibility index (Phi) is 4.26. The summed E-state index contributed by atoms with van der Waals surface area (Å²) in [6.07, 6.45) is -0.631. The number of Topliss-reactive ketones (excluding diaryl/α,β-unsaturated/α-hetero) is 2. The molecule has 0 heterocycles. The first-order valence-electron chi connectivity index (χ1n) is 8.43. The minimum atomic E-state index is -0.631. The van der Waals surface area contributed by atoms with E-state index in [1.165, 1.54) is 6.07 Å². The van der Waals surface area contributed by atoms with E-state index in [1.807, 2.05) is 36.4 Å². The van der Waals surface area contributed by atoms with Crippen LogP contribution in [0.5, 0.6) is 0 Å². The number of ketones is 2. The number of rotatable bonds is 3. The Morgan fingerprint density at radius 3 is 2.15 bits per heavy atom. The average Bonchev–Trinajstić information content (AvgIpc) is 2.71. The third-order valence-electron chi connectivity index (χ3n) is 4.39. The number of benzene rings is 3. The molecule has 27 heavy (non-hydrogen) atoms. The van der Waals surface area contributed by atoms with Gasteiger partial charge < -0.3 is 4.74 Å². The molecule has 5 heteroatoms. The molecule has 0 fully saturated rings. The summed E-state index contributed by atoms with van der Waals surface area (Å²) < 4.78 is 5.18. The molecule has 0 spiro atoms. The zero-order chi connectivity index (χ0) is 18.8. The van der Waals surface area contributed by atoms with E-state index >= 15 is 0 Å². The van der Waals surface area contributed by atoms with Crippen molar-refractivity contribution in [3.05, 3.63) is 89.5 Å². The summed E-state index contributed by atoms with van der Waals surface area (Å²) >= 11 is 0. The first-order valence-corrected chi connectivity index (χ1v) is 8.43. The largest absolute Gasteiger partial charge is 0.444 e. The SMILES string of the molecule is O=C(Nc1ccc2c(c1)C(=O)C(=O)c1ccccc1-2)OCc1ccccc1. The Bertz CT molecular complexity index is 1060. The topological polar surface area (TPSA) is 72.5 Å². The summed E-state index contributed by atoms with van der Waals surface area (Å²) in [7, 11) is 0. The summed E-state index contributed by atoms with van der Waals surface area (Å²) in [6, 6.07) is 21.2. The lowest BCUT2D eigenvalue weighted by molar-refractivity contribution is 0.0815. The second-order valence-electron chi connectivity index (χ2n) is 6.15. The maximum Gasteiger partial charge on any atom is 0.411 e. The van der Waals surface area contributed by atoms with Gasteiger partial charge in [0.05, 0.1) is 0 Å². The van der Waals surface area contributed by atoms with Crippen LogP contribution in [0.2, 0.25) is 0 Å². The van der Waals surface area contributed by atoms with Gasteiger partial charge in [0.1, 0.15) is 6.61 Å². The van der Waals surface area contributed by atoms with Gasteiger partial charge in [0.25, 0.3) is 0 Å². The standard InChI is InChI=1S/C22H15NO4/c24-20-18-9-5-4-8-16(18)17-11-10-15(12-19(17)21(20)25)23-22(26)27-13-14-6-2-1-3-7-14/h1-12H,13H2,(H,23,26). The van der Waals surface area contributed by atoms with Crippen molar-refractivity contribution in [1.29, 1.82) is 0 Å². The molecule has 1 aliphatic rings. The van der Waals surface area contributed by atoms with Crippen molar-refractivity contribution in [1.82, 2.24) is 0 Å². The Balaban J connectivity index is 1.54. The number of anilines is 1. The fourth-order valence-electron chi connectivity index (χ4n) is 3.08. The molecule has 132 valence electrons. The molecular weight excluding hydrogens is 342 g/mol. The number of fused-ring (bicyclic) bond motifs is 3. The maximum absolute atomic E-state index is 12.4. The molecule has 1 aliphatic carbocycles. The van der Waals surface area contributed by atoms with E-state index in [4.69, 9.17) is 4.74 Å². The maximum atomic E-state index is 12.4. The van der Waals surface area contributed by atoms with Crippen molar-refractivity contribution < 1.29 is 19.1 Å². The highest BCUT2D eigenvalue weighted by molar-refractivity contribution is 6.53. The molecule has 0 saturated carbocycles. The molecule has 0 aromatic heterocycles. The van der Waals surface area contributed by atoms with Gasteiger partial charge in [0, 0.05) is 16.8 Å². The third-order valence-corrected chi connectivity index (χ3v) is 4.39. The van der Waals surface area contributed by atoms with Gasteiger partial charge in [-0.25, -0.2) is 4.79 Å². The first kappa shape index (κ1) is 16.7. The Morgan fingerprint density at radius 2 is 1.37 bits per heavy atom. The second kappa shape index (κ2) is 6.88. The zero-order valence-corrected chi connectivity index (χ0v) is 14.3. The van der Waals surface area contributed by atoms with Crippen molar-refractivity contribution in [2.45, 2.75) is 6.61 Å². The van der Waals surface area contributed by atoms with Crippen molar-refractivity contribution in [2.24, 2.45) is 0 Å². The van der Waals surface area contributed by atoms with E-state index in [0.717, 1.165) is 11.1 Å². The van der Waals surface area contributed by atoms with Gasteiger partial charge in [0.2, 0.25) is 11.6 Å². The highest BCUT2D eigenvalue weighted by Gasteiger charge is 2.30. The summed E-state index contributed by atoms with van der Waals surface area (Å²) in [4.78, 5) is 36.8. The van der Waals surface area contributed by atoms with E-state index in [9.17, 15) is 14.4 Å². The smallest absolute Gasteiger partial charge is 0.411 e. The van der Waals surface area contributed by atoms with Gasteiger partial charge in [-0.15, -0.1) is 0 Å². The van der Waals surface area contributed by atoms with Crippen molar-refractivity contribution in [3.8, 4) is 11.1 Å². The van der Waals surface area contributed by atoms with E-state index in [1.54, 1.807) is 30.3 Å². The lowest BCUT2D eigenvalue weighted by Crippen LogP contribution is -2.21. The molecule has 1 N–H and O–H groups in total. The monoisotopic (exact) mass is 357 g/mol. The van der Waals surface area contributed by atoms with E-state index in [0.29, 0.717) is 16.8 Å². The van der Waals surface area contributed by atoms with Gasteiger partial charge in [0.15, 0.2) is 0 Å². The molecule has 0 unspecified atom stereocenters. The van der Waals surface area contributed by atoms with Gasteiger partial charge >= 0.3 is 6.09 Å². The van der Waals surface area contributed by atoms with E-state index in [2.05, 4.69) is 5.32 Å². The third kappa shape index (κ3) is 3.22. The molecule has 0 atom stereocenters. The van der Waals surface area contributed by atoms with Crippen LogP contribution in [-0.4, -0.2) is 17.7 Å². The highest BCUT2D eigenvalue weighted by atomic mass is 16.5. The van der Waals surface area contributed by atoms with Crippen LogP contribution >= 0.6 is 0 Å². The molecular formula is C22H15NO4. The fraction of sp³-hybridized carbons (Fsp3) is 0.0455. The van der Waals surface area contributed by atoms with Crippen LogP contribution in [0.3, 0.4) is 0 Å². The number of hydrogen-bond acceptors (Lipinski definition) is 4. The van der Waals surface area contributed by atoms with Gasteiger partial charge in [-0.05, 0) is 28.8 Å². The van der Waals surface area contributed by atoms with Crippen LogP contribution in [0.4, 0.5) is 10.5 Å². The van der Waals surface area contributed by atoms with E-state index < -0.39 is 17.7 Å². The van der Waals surface area contributed by atoms with Crippen molar-refractivity contribution >= 4 is 23.3 Å². The molecule has 0 aliphatic heterocycles. The number of nitrogens with one attached hydrogen (secondary N) is 1. The van der Waals surface area contributed by atoms with Crippen LogP contribution in [-0.2, 0) is 11.3 Å². The average molecular weight is 357 g/mol. The molecule has 0 bridgehead atoms. The normalized spacial score (nSPS) is 12.1. The fourth-order valence-corrected chi connectivity index (χ4v) is 3.08. The first-order chi connectivity index (χ1) is 13.1. The minimum Gasteiger partial charge on any atom is -0.444 e. The molecule has 3 aromatic carbocycles. The predicted octanol–water partition coefficient (Wildman–Crippen LogP) is 4.48. The molecule has 5 nitrogen and oxygen atoms in total. The van der Waals surface area contributed by atoms with Crippen LogP contribution in [0, 0.1) is 0 Å². The summed E-state index contributed by atoms with van der Waals surface area (Å²) in [5.41, 5.74) is 3.34. The van der Waals surface area contributed by atoms with Crippen LogP contribution in [0.1, 0.15) is 26.3 Å². The zero-order valence-electron chi connectivity index (χ0n) is 14.3. The lowest BCUT2D eigenvalue weighted by atomic mass is 9.84. The van der Waals surface area contributed by atoms with Crippen LogP contribution in [0.15, 0.2) is 72.8 Å². The number of carbonyl (C=O) groups is 3. The van der Waals surface area contributed by atoms with Crippen LogP contribution < -0.4 is 5.32 Å². The Hall–Kier alpha value is -3.73. The summed E-state index contributed by atoms with van der Waals surface area (Å²) in [6.45, 7) is 0.141. The van der Waals surface area contributed by atoms with Gasteiger partial charge in [-0.3, -0.25) is 14.9 Å². The minimum absolute atomic E-state index is 0.141. The van der Waals surface area contributed by atoms with Gasteiger partial charge in [-0.2, -0.15) is 0 Å². The van der Waals surface area contributed by atoms with Crippen LogP contribution in [0.25, 0.3) is 11.1 Å². The highest BCUT2D eigenvalue weighted by Crippen LogP contribution is 2.34. The van der Waals surface area contributed by atoms with Crippen molar-refractivity contribution in [2.75, 3.05) is 5.32 Å². The molecule has 3 aromatic rings. The Morgan fingerprint density at radius 1 is 0.741 bits per heavy atom. The lowest BCUT2D eigenvalue weighted by Gasteiger charge is -2.18. The number of ether oxygens (including phenoxy) is 1.